The SMILES string of the molecule is CCC1CN2CC[C@@]34OCCO[C@@]3(Nc3cc(C#N)cc(OC)c34)[C@@H]2C[C@@H]1/C(=C\OC)C(=O)COC. The number of ketones is 1. The number of Topliss-reactive ketones (excluding diaryl/α,β-unsaturated/α-hetero) is 1. The molecule has 4 aliphatic rings. The molecule has 0 radical (unpaired) electrons. The number of fused-ring (bicyclic) bond motifs is 2. The zero-order valence-electron chi connectivity index (χ0n) is 21.5. The topological polar surface area (TPSA) is 102 Å². The Labute approximate surface area is 212 Å². The van der Waals surface area contributed by atoms with Crippen molar-refractivity contribution in [2.75, 3.05) is 59.6 Å². The highest BCUT2D eigenvalue weighted by molar-refractivity contribution is 5.96. The lowest BCUT2D eigenvalue weighted by Gasteiger charge is -2.61. The summed E-state index contributed by atoms with van der Waals surface area (Å²) in [5, 5.41) is 13.3. The quantitative estimate of drug-likeness (QED) is 0.450. The fraction of sp³-hybridized carbons (Fsp3) is 0.630. The summed E-state index contributed by atoms with van der Waals surface area (Å²) in [5.74, 6) is 0.850. The largest absolute Gasteiger partial charge is 0.504 e. The molecule has 1 aromatic rings. The molecule has 3 fully saturated rings. The van der Waals surface area contributed by atoms with Crippen LogP contribution in [0.4, 0.5) is 5.69 Å². The summed E-state index contributed by atoms with van der Waals surface area (Å²) in [7, 11) is 4.73. The van der Waals surface area contributed by atoms with Gasteiger partial charge in [0, 0.05) is 31.5 Å². The molecule has 4 heterocycles. The van der Waals surface area contributed by atoms with Crippen LogP contribution in [0.1, 0.15) is 37.3 Å². The molecule has 0 aromatic heterocycles. The second-order valence-corrected chi connectivity index (χ2v) is 10.0. The summed E-state index contributed by atoms with van der Waals surface area (Å²) in [5.41, 5.74) is 1.28. The van der Waals surface area contributed by atoms with Gasteiger partial charge < -0.3 is 29.0 Å². The number of benzene rings is 1. The molecule has 0 spiro atoms. The molecule has 1 unspecified atom stereocenters. The van der Waals surface area contributed by atoms with Crippen LogP contribution in [0.3, 0.4) is 0 Å². The minimum atomic E-state index is -0.868. The smallest absolute Gasteiger partial charge is 0.188 e. The Hall–Kier alpha value is -2.64. The molecule has 0 amide bonds. The second-order valence-electron chi connectivity index (χ2n) is 10.0. The van der Waals surface area contributed by atoms with Gasteiger partial charge in [0.15, 0.2) is 11.5 Å². The molecule has 0 aliphatic carbocycles. The van der Waals surface area contributed by atoms with Gasteiger partial charge in [-0.3, -0.25) is 9.69 Å². The normalized spacial score (nSPS) is 33.3. The van der Waals surface area contributed by atoms with Crippen molar-refractivity contribution in [2.24, 2.45) is 11.8 Å². The molecule has 3 saturated heterocycles. The highest BCUT2D eigenvalue weighted by atomic mass is 16.6. The van der Waals surface area contributed by atoms with Crippen LogP contribution in [0.15, 0.2) is 24.0 Å². The van der Waals surface area contributed by atoms with Gasteiger partial charge in [0.2, 0.25) is 0 Å². The number of nitrogens with one attached hydrogen (secondary N) is 1. The summed E-state index contributed by atoms with van der Waals surface area (Å²) in [6, 6.07) is 5.80. The zero-order chi connectivity index (χ0) is 25.5. The standard InChI is InChI=1S/C27H35N3O6/c1-5-18-14-30-7-6-26-25-21(10-17(13-28)11-23(25)34-4)29-27(26,36-9-8-35-26)24(30)12-19(18)20(15-32-2)22(31)16-33-3/h10-11,15,18-19,24,29H,5-9,12,14,16H2,1-4H3/b20-15+/t18?,19-,24-,26-,27-/m0/s1. The van der Waals surface area contributed by atoms with E-state index in [-0.39, 0.29) is 24.3 Å². The van der Waals surface area contributed by atoms with Gasteiger partial charge in [-0.05, 0) is 36.8 Å². The van der Waals surface area contributed by atoms with Crippen LogP contribution >= 0.6 is 0 Å². The van der Waals surface area contributed by atoms with E-state index in [0.717, 1.165) is 37.2 Å². The first-order chi connectivity index (χ1) is 17.5. The zero-order valence-corrected chi connectivity index (χ0v) is 21.5. The molecule has 5 rings (SSSR count). The number of nitrogens with zero attached hydrogens (tertiary/aromatic N) is 2. The third-order valence-corrected chi connectivity index (χ3v) is 8.48. The molecule has 4 aliphatic heterocycles. The van der Waals surface area contributed by atoms with Crippen LogP contribution in [-0.2, 0) is 29.3 Å². The summed E-state index contributed by atoms with van der Waals surface area (Å²) in [6.45, 7) is 4.79. The Morgan fingerprint density at radius 3 is 2.81 bits per heavy atom. The van der Waals surface area contributed by atoms with Crippen LogP contribution in [-0.4, -0.2) is 76.7 Å². The molecule has 1 aromatic carbocycles. The Balaban J connectivity index is 1.60. The number of carbonyl (C=O) groups is 1. The Morgan fingerprint density at radius 1 is 1.31 bits per heavy atom. The molecule has 9 nitrogen and oxygen atoms in total. The van der Waals surface area contributed by atoms with E-state index in [4.69, 9.17) is 23.7 Å². The van der Waals surface area contributed by atoms with Gasteiger partial charge in [-0.2, -0.15) is 5.26 Å². The van der Waals surface area contributed by atoms with Crippen molar-refractivity contribution in [3.8, 4) is 11.8 Å². The first kappa shape index (κ1) is 25.0. The number of piperidine rings is 2. The summed E-state index contributed by atoms with van der Waals surface area (Å²) >= 11 is 0. The predicted octanol–water partition coefficient (Wildman–Crippen LogP) is 2.80. The van der Waals surface area contributed by atoms with Crippen LogP contribution in [0.2, 0.25) is 0 Å². The van der Waals surface area contributed by atoms with Crippen molar-refractivity contribution in [1.82, 2.24) is 4.90 Å². The summed E-state index contributed by atoms with van der Waals surface area (Å²) < 4.78 is 29.7. The third-order valence-electron chi connectivity index (χ3n) is 8.48. The number of ether oxygens (including phenoxy) is 5. The van der Waals surface area contributed by atoms with E-state index in [0.29, 0.717) is 42.4 Å². The maximum atomic E-state index is 13.1. The summed E-state index contributed by atoms with van der Waals surface area (Å²) in [6.07, 6.45) is 3.96. The highest BCUT2D eigenvalue weighted by Crippen LogP contribution is 2.61. The molecular formula is C27H35N3O6. The van der Waals surface area contributed by atoms with Crippen molar-refractivity contribution in [2.45, 2.75) is 43.6 Å². The number of nitriles is 1. The molecule has 194 valence electrons. The van der Waals surface area contributed by atoms with Gasteiger partial charge in [0.25, 0.3) is 0 Å². The molecule has 9 heteroatoms. The van der Waals surface area contributed by atoms with Gasteiger partial charge in [0.1, 0.15) is 18.0 Å². The van der Waals surface area contributed by atoms with Crippen LogP contribution in [0.25, 0.3) is 0 Å². The summed E-state index contributed by atoms with van der Waals surface area (Å²) in [4.78, 5) is 15.6. The van der Waals surface area contributed by atoms with Crippen LogP contribution in [0.5, 0.6) is 5.75 Å². The molecule has 0 bridgehead atoms. The van der Waals surface area contributed by atoms with Gasteiger partial charge >= 0.3 is 0 Å². The monoisotopic (exact) mass is 497 g/mol. The highest BCUT2D eigenvalue weighted by Gasteiger charge is 2.70. The number of hydrogen-bond donors (Lipinski definition) is 1. The number of anilines is 1. The molecular weight excluding hydrogens is 462 g/mol. The lowest BCUT2D eigenvalue weighted by Crippen LogP contribution is -2.75. The molecule has 36 heavy (non-hydrogen) atoms. The van der Waals surface area contributed by atoms with E-state index >= 15 is 0 Å². The van der Waals surface area contributed by atoms with E-state index in [2.05, 4.69) is 23.2 Å². The van der Waals surface area contributed by atoms with E-state index in [9.17, 15) is 10.1 Å². The lowest BCUT2D eigenvalue weighted by molar-refractivity contribution is -0.297. The first-order valence-corrected chi connectivity index (χ1v) is 12.7. The Kier molecular flexibility index (Phi) is 6.72. The average molecular weight is 498 g/mol. The maximum Gasteiger partial charge on any atom is 0.188 e. The van der Waals surface area contributed by atoms with Gasteiger partial charge in [-0.25, -0.2) is 0 Å². The van der Waals surface area contributed by atoms with Gasteiger partial charge in [-0.15, -0.1) is 0 Å². The minimum Gasteiger partial charge on any atom is -0.504 e. The fourth-order valence-electron chi connectivity index (χ4n) is 7.03. The maximum absolute atomic E-state index is 13.1. The number of carbonyl (C=O) groups excluding carboxylic acids is 1. The van der Waals surface area contributed by atoms with Crippen LogP contribution in [0, 0.1) is 23.2 Å². The molecule has 0 saturated carbocycles. The number of hydrogen-bond acceptors (Lipinski definition) is 9. The van der Waals surface area contributed by atoms with Crippen molar-refractivity contribution >= 4 is 11.5 Å². The van der Waals surface area contributed by atoms with Crippen molar-refractivity contribution in [3.05, 3.63) is 35.1 Å². The second kappa shape index (κ2) is 9.67. The Morgan fingerprint density at radius 2 is 2.11 bits per heavy atom. The van der Waals surface area contributed by atoms with Crippen molar-refractivity contribution in [1.29, 1.82) is 5.26 Å². The van der Waals surface area contributed by atoms with E-state index in [1.54, 1.807) is 26.5 Å². The third kappa shape index (κ3) is 3.54. The van der Waals surface area contributed by atoms with Gasteiger partial charge in [0.05, 0.1) is 56.9 Å². The van der Waals surface area contributed by atoms with Gasteiger partial charge in [-0.1, -0.05) is 13.3 Å². The van der Waals surface area contributed by atoms with E-state index in [1.165, 1.54) is 7.11 Å². The Bertz CT molecular complexity index is 1100. The van der Waals surface area contributed by atoms with E-state index < -0.39 is 11.3 Å². The number of rotatable bonds is 7. The van der Waals surface area contributed by atoms with Crippen molar-refractivity contribution < 1.29 is 28.5 Å². The fourth-order valence-corrected chi connectivity index (χ4v) is 7.03. The van der Waals surface area contributed by atoms with E-state index in [1.807, 2.05) is 6.07 Å². The van der Waals surface area contributed by atoms with Crippen LogP contribution < -0.4 is 10.1 Å². The first-order valence-electron chi connectivity index (χ1n) is 12.7. The van der Waals surface area contributed by atoms with Crippen molar-refractivity contribution in [3.63, 3.8) is 0 Å². The number of methoxy groups -OCH3 is 3. The average Bonchev–Trinajstić information content (AvgIpc) is 3.22. The molecule has 5 atom stereocenters. The predicted molar refractivity (Wildman–Crippen MR) is 131 cm³/mol. The lowest BCUT2D eigenvalue weighted by atomic mass is 9.66. The minimum absolute atomic E-state index is 0.0169. The molecule has 1 N–H and O–H groups in total.